The van der Waals surface area contributed by atoms with E-state index in [2.05, 4.69) is 15.7 Å². The van der Waals surface area contributed by atoms with Crippen molar-refractivity contribution in [2.24, 2.45) is 7.05 Å². The number of carbonyl (C=O) groups excluding carboxylic acids is 2. The molecule has 2 aromatic carbocycles. The van der Waals surface area contributed by atoms with Crippen LogP contribution in [0.4, 0.5) is 0 Å². The Balaban J connectivity index is 1.69. The molecular formula is C20H18Cl2N4O2. The average Bonchev–Trinajstić information content (AvgIpc) is 3.08. The Labute approximate surface area is 172 Å². The van der Waals surface area contributed by atoms with Crippen LogP contribution in [0, 0.1) is 0 Å². The van der Waals surface area contributed by atoms with E-state index >= 15 is 0 Å². The lowest BCUT2D eigenvalue weighted by atomic mass is 10.2. The molecule has 0 saturated heterocycles. The van der Waals surface area contributed by atoms with Gasteiger partial charge in [-0.05, 0) is 23.3 Å². The van der Waals surface area contributed by atoms with E-state index in [0.29, 0.717) is 10.0 Å². The summed E-state index contributed by atoms with van der Waals surface area (Å²) >= 11 is 12.2. The van der Waals surface area contributed by atoms with Crippen LogP contribution in [0.3, 0.4) is 0 Å². The first kappa shape index (κ1) is 19.9. The van der Waals surface area contributed by atoms with Crippen LogP contribution < -0.4 is 10.6 Å². The second-order valence-corrected chi connectivity index (χ2v) is 6.93. The number of nitrogens with zero attached hydrogens (tertiary/aromatic N) is 2. The first-order valence-corrected chi connectivity index (χ1v) is 9.28. The van der Waals surface area contributed by atoms with Crippen LogP contribution in [0.2, 0.25) is 10.0 Å². The smallest absolute Gasteiger partial charge is 0.272 e. The molecule has 3 aromatic rings. The van der Waals surface area contributed by atoms with E-state index in [1.807, 2.05) is 36.4 Å². The third-order valence-electron chi connectivity index (χ3n) is 4.08. The summed E-state index contributed by atoms with van der Waals surface area (Å²) in [4.78, 5) is 25.2. The third-order valence-corrected chi connectivity index (χ3v) is 4.82. The van der Waals surface area contributed by atoms with Crippen molar-refractivity contribution < 1.29 is 9.59 Å². The molecule has 6 nitrogen and oxygen atoms in total. The monoisotopic (exact) mass is 416 g/mol. The number of aromatic nitrogens is 2. The Kier molecular flexibility index (Phi) is 6.34. The van der Waals surface area contributed by atoms with Crippen molar-refractivity contribution in [3.8, 4) is 0 Å². The molecular weight excluding hydrogens is 399 g/mol. The van der Waals surface area contributed by atoms with Gasteiger partial charge in [0.1, 0.15) is 0 Å². The zero-order valence-corrected chi connectivity index (χ0v) is 16.6. The highest BCUT2D eigenvalue weighted by Crippen LogP contribution is 2.16. The number of hydrogen-bond acceptors (Lipinski definition) is 3. The topological polar surface area (TPSA) is 76.0 Å². The molecule has 1 heterocycles. The normalized spacial score (nSPS) is 10.5. The number of aryl methyl sites for hydroxylation is 1. The molecule has 0 saturated carbocycles. The molecule has 0 bridgehead atoms. The molecule has 0 radical (unpaired) electrons. The molecule has 0 aliphatic carbocycles. The summed E-state index contributed by atoms with van der Waals surface area (Å²) in [6.45, 7) is 0.476. The Bertz CT molecular complexity index is 938. The molecule has 2 amide bonds. The molecule has 2 N–H and O–H groups in total. The van der Waals surface area contributed by atoms with Crippen LogP contribution in [0.5, 0.6) is 0 Å². The molecule has 3 rings (SSSR count). The van der Waals surface area contributed by atoms with E-state index in [9.17, 15) is 9.59 Å². The number of carbonyl (C=O) groups is 2. The number of halogens is 2. The van der Waals surface area contributed by atoms with Gasteiger partial charge < -0.3 is 10.6 Å². The first-order valence-electron chi connectivity index (χ1n) is 8.52. The SMILES string of the molecule is Cn1cc(C(=O)NCc2ccccc2Cl)c(C(=O)NCc2ccccc2Cl)n1. The standard InChI is InChI=1S/C20H18Cl2N4O2/c1-26-12-15(19(27)23-10-13-6-2-4-8-16(13)21)18(25-26)20(28)24-11-14-7-3-5-9-17(14)22/h2-9,12H,10-11H2,1H3,(H,23,27)(H,24,28). The quantitative estimate of drug-likeness (QED) is 0.644. The lowest BCUT2D eigenvalue weighted by Gasteiger charge is -2.08. The first-order chi connectivity index (χ1) is 13.5. The summed E-state index contributed by atoms with van der Waals surface area (Å²) in [5.74, 6) is -0.862. The van der Waals surface area contributed by atoms with Crippen molar-refractivity contribution in [1.29, 1.82) is 0 Å². The summed E-state index contributed by atoms with van der Waals surface area (Å²) in [6.07, 6.45) is 1.51. The van der Waals surface area contributed by atoms with Crippen LogP contribution in [-0.4, -0.2) is 21.6 Å². The summed E-state index contributed by atoms with van der Waals surface area (Å²) in [7, 11) is 1.65. The van der Waals surface area contributed by atoms with Crippen LogP contribution in [-0.2, 0) is 20.1 Å². The van der Waals surface area contributed by atoms with Crippen LogP contribution in [0.15, 0.2) is 54.7 Å². The molecule has 0 unspecified atom stereocenters. The lowest BCUT2D eigenvalue weighted by molar-refractivity contribution is 0.0914. The third kappa shape index (κ3) is 4.71. The Morgan fingerprint density at radius 2 is 1.39 bits per heavy atom. The van der Waals surface area contributed by atoms with Crippen LogP contribution in [0.25, 0.3) is 0 Å². The maximum atomic E-state index is 12.6. The maximum Gasteiger partial charge on any atom is 0.272 e. The molecule has 8 heteroatoms. The minimum atomic E-state index is -0.455. The highest BCUT2D eigenvalue weighted by molar-refractivity contribution is 6.31. The molecule has 0 spiro atoms. The molecule has 0 fully saturated rings. The van der Waals surface area contributed by atoms with Gasteiger partial charge in [0.2, 0.25) is 0 Å². The highest BCUT2D eigenvalue weighted by atomic mass is 35.5. The molecule has 144 valence electrons. The van der Waals surface area contributed by atoms with Gasteiger partial charge in [0.05, 0.1) is 5.56 Å². The zero-order valence-electron chi connectivity index (χ0n) is 15.1. The van der Waals surface area contributed by atoms with Gasteiger partial charge in [0, 0.05) is 36.4 Å². The van der Waals surface area contributed by atoms with Crippen molar-refractivity contribution in [3.05, 3.63) is 87.2 Å². The fourth-order valence-electron chi connectivity index (χ4n) is 2.64. The van der Waals surface area contributed by atoms with Crippen molar-refractivity contribution in [2.75, 3.05) is 0 Å². The fourth-order valence-corrected chi connectivity index (χ4v) is 3.04. The molecule has 0 aliphatic rings. The van der Waals surface area contributed by atoms with Gasteiger partial charge >= 0.3 is 0 Å². The molecule has 0 aliphatic heterocycles. The number of hydrogen-bond donors (Lipinski definition) is 2. The van der Waals surface area contributed by atoms with E-state index in [-0.39, 0.29) is 24.3 Å². The largest absolute Gasteiger partial charge is 0.348 e. The number of benzene rings is 2. The second-order valence-electron chi connectivity index (χ2n) is 6.11. The number of amides is 2. The van der Waals surface area contributed by atoms with Crippen molar-refractivity contribution >= 4 is 35.0 Å². The van der Waals surface area contributed by atoms with Crippen molar-refractivity contribution in [1.82, 2.24) is 20.4 Å². The van der Waals surface area contributed by atoms with Gasteiger partial charge in [0.25, 0.3) is 11.8 Å². The average molecular weight is 417 g/mol. The highest BCUT2D eigenvalue weighted by Gasteiger charge is 2.21. The van der Waals surface area contributed by atoms with Crippen molar-refractivity contribution in [2.45, 2.75) is 13.1 Å². The van der Waals surface area contributed by atoms with Gasteiger partial charge in [-0.25, -0.2) is 0 Å². The van der Waals surface area contributed by atoms with Gasteiger partial charge in [-0.15, -0.1) is 0 Å². The predicted molar refractivity (Wildman–Crippen MR) is 108 cm³/mol. The minimum Gasteiger partial charge on any atom is -0.348 e. The minimum absolute atomic E-state index is 0.0474. The summed E-state index contributed by atoms with van der Waals surface area (Å²) in [6, 6.07) is 14.4. The Morgan fingerprint density at radius 1 is 0.893 bits per heavy atom. The zero-order chi connectivity index (χ0) is 20.1. The van der Waals surface area contributed by atoms with Gasteiger partial charge in [-0.2, -0.15) is 5.10 Å². The molecule has 28 heavy (non-hydrogen) atoms. The van der Waals surface area contributed by atoms with Gasteiger partial charge in [-0.1, -0.05) is 59.6 Å². The summed E-state index contributed by atoms with van der Waals surface area (Å²) in [5.41, 5.74) is 1.79. The molecule has 1 aromatic heterocycles. The second kappa shape index (κ2) is 8.91. The molecule has 0 atom stereocenters. The fraction of sp³-hybridized carbons (Fsp3) is 0.150. The van der Waals surface area contributed by atoms with E-state index < -0.39 is 11.8 Å². The Hall–Kier alpha value is -2.83. The lowest BCUT2D eigenvalue weighted by Crippen LogP contribution is -2.28. The summed E-state index contributed by atoms with van der Waals surface area (Å²) in [5, 5.41) is 10.8. The predicted octanol–water partition coefficient (Wildman–Crippen LogP) is 3.59. The van der Waals surface area contributed by atoms with Crippen molar-refractivity contribution in [3.63, 3.8) is 0 Å². The maximum absolute atomic E-state index is 12.6. The number of rotatable bonds is 6. The Morgan fingerprint density at radius 3 is 1.93 bits per heavy atom. The summed E-state index contributed by atoms with van der Waals surface area (Å²) < 4.78 is 1.43. The van der Waals surface area contributed by atoms with E-state index in [1.165, 1.54) is 10.9 Å². The van der Waals surface area contributed by atoms with Crippen LogP contribution in [0.1, 0.15) is 32.0 Å². The van der Waals surface area contributed by atoms with Gasteiger partial charge in [0.15, 0.2) is 5.69 Å². The van der Waals surface area contributed by atoms with E-state index in [0.717, 1.165) is 11.1 Å². The number of nitrogens with one attached hydrogen (secondary N) is 2. The van der Waals surface area contributed by atoms with E-state index in [1.54, 1.807) is 19.2 Å². The van der Waals surface area contributed by atoms with Gasteiger partial charge in [-0.3, -0.25) is 14.3 Å². The van der Waals surface area contributed by atoms with Crippen LogP contribution >= 0.6 is 23.2 Å². The van der Waals surface area contributed by atoms with E-state index in [4.69, 9.17) is 23.2 Å².